The molecule has 5 nitrogen and oxygen atoms in total. The van der Waals surface area contributed by atoms with E-state index in [1.54, 1.807) is 19.4 Å². The second-order valence-corrected chi connectivity index (χ2v) is 4.74. The molecule has 0 aliphatic heterocycles. The third kappa shape index (κ3) is 3.74. The molecule has 1 heterocycles. The maximum atomic E-state index is 9.96. The largest absolute Gasteiger partial charge is 0.507 e. The van der Waals surface area contributed by atoms with Gasteiger partial charge < -0.3 is 20.1 Å². The molecule has 2 aromatic rings. The molecule has 0 amide bonds. The summed E-state index contributed by atoms with van der Waals surface area (Å²) in [6.07, 6.45) is 5.51. The number of aromatic amines is 1. The van der Waals surface area contributed by atoms with E-state index < -0.39 is 0 Å². The van der Waals surface area contributed by atoms with Crippen molar-refractivity contribution in [1.82, 2.24) is 15.3 Å². The molecule has 0 saturated heterocycles. The number of phenols is 1. The Morgan fingerprint density at radius 2 is 2.30 bits per heavy atom. The number of H-pyrrole nitrogens is 1. The lowest BCUT2D eigenvalue weighted by Gasteiger charge is -2.16. The highest BCUT2D eigenvalue weighted by molar-refractivity contribution is 5.41. The Hall–Kier alpha value is -2.01. The average molecular weight is 275 g/mol. The fraction of sp³-hybridized carbons (Fsp3) is 0.400. The average Bonchev–Trinajstić information content (AvgIpc) is 2.96. The van der Waals surface area contributed by atoms with Crippen molar-refractivity contribution in [2.24, 2.45) is 0 Å². The van der Waals surface area contributed by atoms with E-state index in [2.05, 4.69) is 15.3 Å². The maximum Gasteiger partial charge on any atom is 0.124 e. The van der Waals surface area contributed by atoms with Crippen molar-refractivity contribution < 1.29 is 9.84 Å². The Morgan fingerprint density at radius 3 is 2.95 bits per heavy atom. The molecule has 1 aromatic heterocycles. The molecule has 0 aliphatic rings. The number of aromatic nitrogens is 2. The van der Waals surface area contributed by atoms with Gasteiger partial charge in [-0.05, 0) is 26.0 Å². The molecule has 1 unspecified atom stereocenters. The van der Waals surface area contributed by atoms with Gasteiger partial charge in [-0.3, -0.25) is 0 Å². The molecule has 0 saturated carbocycles. The Balaban J connectivity index is 1.80. The molecule has 3 N–H and O–H groups in total. The summed E-state index contributed by atoms with van der Waals surface area (Å²) in [5, 5.41) is 13.4. The Bertz CT molecular complexity index is 526. The highest BCUT2D eigenvalue weighted by Crippen LogP contribution is 2.28. The van der Waals surface area contributed by atoms with E-state index in [-0.39, 0.29) is 11.8 Å². The number of aryl methyl sites for hydroxylation is 1. The first-order chi connectivity index (χ1) is 9.70. The highest BCUT2D eigenvalue weighted by atomic mass is 16.5. The van der Waals surface area contributed by atoms with Gasteiger partial charge in [-0.15, -0.1) is 0 Å². The van der Waals surface area contributed by atoms with Crippen LogP contribution in [0.4, 0.5) is 0 Å². The van der Waals surface area contributed by atoms with E-state index >= 15 is 0 Å². The lowest BCUT2D eigenvalue weighted by molar-refractivity contribution is 0.404. The Morgan fingerprint density at radius 1 is 1.45 bits per heavy atom. The summed E-state index contributed by atoms with van der Waals surface area (Å²) in [5.74, 6) is 1.93. The fourth-order valence-corrected chi connectivity index (χ4v) is 2.14. The summed E-state index contributed by atoms with van der Waals surface area (Å²) in [6, 6.07) is 5.47. The van der Waals surface area contributed by atoms with Crippen molar-refractivity contribution in [3.05, 3.63) is 42.0 Å². The zero-order valence-electron chi connectivity index (χ0n) is 11.9. The zero-order valence-corrected chi connectivity index (χ0v) is 11.9. The summed E-state index contributed by atoms with van der Waals surface area (Å²) in [5.41, 5.74) is 0.879. The van der Waals surface area contributed by atoms with Gasteiger partial charge in [0.25, 0.3) is 0 Å². The van der Waals surface area contributed by atoms with Gasteiger partial charge in [-0.25, -0.2) is 4.98 Å². The predicted molar refractivity (Wildman–Crippen MR) is 78.0 cm³/mol. The summed E-state index contributed by atoms with van der Waals surface area (Å²) in [6.45, 7) is 2.90. The van der Waals surface area contributed by atoms with Crippen molar-refractivity contribution in [2.45, 2.75) is 25.8 Å². The lowest BCUT2D eigenvalue weighted by atomic mass is 10.1. The minimum absolute atomic E-state index is 0.0949. The summed E-state index contributed by atoms with van der Waals surface area (Å²) >= 11 is 0. The summed E-state index contributed by atoms with van der Waals surface area (Å²) in [7, 11) is 1.59. The highest BCUT2D eigenvalue weighted by Gasteiger charge is 2.10. The van der Waals surface area contributed by atoms with Gasteiger partial charge in [-0.2, -0.15) is 0 Å². The predicted octanol–water partition coefficient (Wildman–Crippen LogP) is 2.41. The first-order valence-electron chi connectivity index (χ1n) is 6.79. The Kier molecular flexibility index (Phi) is 5.01. The standard InChI is InChI=1S/C15H21N3O2/c1-11(13-6-5-12(20-2)10-14(13)19)16-7-3-4-15-17-8-9-18-15/h5-6,8-11,16,19H,3-4,7H2,1-2H3,(H,17,18). The van der Waals surface area contributed by atoms with Gasteiger partial charge in [-0.1, -0.05) is 6.07 Å². The van der Waals surface area contributed by atoms with Crippen LogP contribution in [0, 0.1) is 0 Å². The van der Waals surface area contributed by atoms with Gasteiger partial charge in [0.05, 0.1) is 7.11 Å². The smallest absolute Gasteiger partial charge is 0.124 e. The molecule has 1 atom stereocenters. The van der Waals surface area contributed by atoms with Crippen molar-refractivity contribution in [1.29, 1.82) is 0 Å². The Labute approximate surface area is 119 Å². The van der Waals surface area contributed by atoms with Crippen molar-refractivity contribution in [3.8, 4) is 11.5 Å². The third-order valence-electron chi connectivity index (χ3n) is 3.30. The molecule has 0 radical (unpaired) electrons. The van der Waals surface area contributed by atoms with E-state index in [1.807, 2.05) is 25.3 Å². The fourth-order valence-electron chi connectivity index (χ4n) is 2.14. The number of ether oxygens (including phenoxy) is 1. The summed E-state index contributed by atoms with van der Waals surface area (Å²) in [4.78, 5) is 7.27. The number of hydrogen-bond acceptors (Lipinski definition) is 4. The third-order valence-corrected chi connectivity index (χ3v) is 3.30. The number of benzene rings is 1. The molecule has 5 heteroatoms. The van der Waals surface area contributed by atoms with Crippen molar-refractivity contribution in [3.63, 3.8) is 0 Å². The van der Waals surface area contributed by atoms with E-state index in [4.69, 9.17) is 4.74 Å². The minimum atomic E-state index is 0.0949. The van der Waals surface area contributed by atoms with Crippen LogP contribution >= 0.6 is 0 Å². The van der Waals surface area contributed by atoms with Crippen LogP contribution in [-0.4, -0.2) is 28.7 Å². The summed E-state index contributed by atoms with van der Waals surface area (Å²) < 4.78 is 5.08. The molecule has 0 spiro atoms. The zero-order chi connectivity index (χ0) is 14.4. The molecule has 20 heavy (non-hydrogen) atoms. The second kappa shape index (κ2) is 6.96. The number of imidazole rings is 1. The minimum Gasteiger partial charge on any atom is -0.507 e. The molecule has 0 fully saturated rings. The molecule has 108 valence electrons. The van der Waals surface area contributed by atoms with E-state index in [0.29, 0.717) is 5.75 Å². The van der Waals surface area contributed by atoms with E-state index in [0.717, 1.165) is 30.8 Å². The molecular formula is C15H21N3O2. The number of hydrogen-bond donors (Lipinski definition) is 3. The van der Waals surface area contributed by atoms with Crippen LogP contribution in [0.1, 0.15) is 30.8 Å². The van der Waals surface area contributed by atoms with Gasteiger partial charge in [0.1, 0.15) is 17.3 Å². The lowest BCUT2D eigenvalue weighted by Crippen LogP contribution is -2.20. The topological polar surface area (TPSA) is 70.2 Å². The number of rotatable bonds is 7. The van der Waals surface area contributed by atoms with Crippen LogP contribution in [0.25, 0.3) is 0 Å². The maximum absolute atomic E-state index is 9.96. The molecule has 2 rings (SSSR count). The number of nitrogens with zero attached hydrogens (tertiary/aromatic N) is 1. The van der Waals surface area contributed by atoms with Crippen molar-refractivity contribution in [2.75, 3.05) is 13.7 Å². The van der Waals surface area contributed by atoms with Crippen LogP contribution in [0.3, 0.4) is 0 Å². The molecule has 1 aromatic carbocycles. The van der Waals surface area contributed by atoms with Crippen LogP contribution in [0.5, 0.6) is 11.5 Å². The van der Waals surface area contributed by atoms with Crippen LogP contribution in [0.15, 0.2) is 30.6 Å². The monoisotopic (exact) mass is 275 g/mol. The van der Waals surface area contributed by atoms with Crippen LogP contribution in [-0.2, 0) is 6.42 Å². The van der Waals surface area contributed by atoms with Crippen molar-refractivity contribution >= 4 is 0 Å². The van der Waals surface area contributed by atoms with Gasteiger partial charge in [0.15, 0.2) is 0 Å². The second-order valence-electron chi connectivity index (χ2n) is 4.74. The first-order valence-corrected chi connectivity index (χ1v) is 6.79. The van der Waals surface area contributed by atoms with E-state index in [1.165, 1.54) is 0 Å². The van der Waals surface area contributed by atoms with Crippen LogP contribution in [0.2, 0.25) is 0 Å². The number of phenolic OH excluding ortho intramolecular Hbond substituents is 1. The SMILES string of the molecule is COc1ccc(C(C)NCCCc2ncc[nH]2)c(O)c1. The molecular weight excluding hydrogens is 254 g/mol. The number of nitrogens with one attached hydrogen (secondary N) is 2. The number of aromatic hydroxyl groups is 1. The molecule has 0 bridgehead atoms. The normalized spacial score (nSPS) is 12.3. The van der Waals surface area contributed by atoms with Gasteiger partial charge in [0.2, 0.25) is 0 Å². The van der Waals surface area contributed by atoms with E-state index in [9.17, 15) is 5.11 Å². The quantitative estimate of drug-likeness (QED) is 0.679. The van der Waals surface area contributed by atoms with Crippen LogP contribution < -0.4 is 10.1 Å². The number of methoxy groups -OCH3 is 1. The van der Waals surface area contributed by atoms with Gasteiger partial charge >= 0.3 is 0 Å². The molecule has 0 aliphatic carbocycles. The first kappa shape index (κ1) is 14.4. The van der Waals surface area contributed by atoms with Gasteiger partial charge in [0, 0.05) is 36.5 Å².